The van der Waals surface area contributed by atoms with Gasteiger partial charge in [-0.05, 0) is 38.5 Å². The largest absolute Gasteiger partial charge is 0.479 e. The first kappa shape index (κ1) is 46.9. The summed E-state index contributed by atoms with van der Waals surface area (Å²) in [7, 11) is -1.39. The third-order valence-electron chi connectivity index (χ3n) is 10.9. The maximum atomic E-state index is 12.2. The molecule has 1 N–H and O–H groups in total. The van der Waals surface area contributed by atoms with E-state index in [1.807, 2.05) is 0 Å². The number of carboxylic acid groups (broad SMARTS) is 1. The van der Waals surface area contributed by atoms with Gasteiger partial charge in [-0.25, -0.2) is 4.79 Å². The van der Waals surface area contributed by atoms with Gasteiger partial charge in [0.1, 0.15) is 0 Å². The van der Waals surface area contributed by atoms with E-state index in [0.29, 0.717) is 6.16 Å². The third kappa shape index (κ3) is 35.5. The Labute approximate surface area is 298 Å². The van der Waals surface area contributed by atoms with Crippen LogP contribution in [-0.4, -0.2) is 35.7 Å². The zero-order chi connectivity index (χ0) is 34.4. The highest BCUT2D eigenvalue weighted by molar-refractivity contribution is 7.76. The van der Waals surface area contributed by atoms with E-state index in [9.17, 15) is 9.90 Å². The maximum Gasteiger partial charge on any atom is 0.341 e. The highest BCUT2D eigenvalue weighted by Gasteiger charge is 2.38. The molecule has 0 aromatic rings. The monoisotopic (exact) mass is 682 g/mol. The Morgan fingerprint density at radius 3 is 0.660 bits per heavy atom. The first-order chi connectivity index (χ1) is 23.1. The van der Waals surface area contributed by atoms with Gasteiger partial charge in [0.2, 0.25) is 0 Å². The van der Waals surface area contributed by atoms with Crippen LogP contribution in [0, 0.1) is 0 Å². The molecule has 0 bridgehead atoms. The van der Waals surface area contributed by atoms with Gasteiger partial charge >= 0.3 is 5.97 Å². The van der Waals surface area contributed by atoms with Gasteiger partial charge in [-0.15, -0.1) is 0 Å². The lowest BCUT2D eigenvalue weighted by atomic mass is 10.1. The van der Waals surface area contributed by atoms with Crippen molar-refractivity contribution in [2.75, 3.05) is 24.6 Å². The molecule has 47 heavy (non-hydrogen) atoms. The van der Waals surface area contributed by atoms with Crippen molar-refractivity contribution in [3.05, 3.63) is 0 Å². The van der Waals surface area contributed by atoms with Crippen molar-refractivity contribution < 1.29 is 9.90 Å². The second kappa shape index (κ2) is 38.7. The Bertz CT molecular complexity index is 536. The Hall–Kier alpha value is -0.100. The molecule has 0 aliphatic carbocycles. The lowest BCUT2D eigenvalue weighted by Gasteiger charge is -2.27. The van der Waals surface area contributed by atoms with Crippen LogP contribution in [0.2, 0.25) is 0 Å². The molecule has 0 aromatic heterocycles. The Balaban J connectivity index is 4.47. The summed E-state index contributed by atoms with van der Waals surface area (Å²) >= 11 is 0. The SMILES string of the molecule is CCCCCCCCCCCCCC[P+](CCCCCCCCCCCCCC)(CCCCCCCCCCCCCC)CC(=O)O. The van der Waals surface area contributed by atoms with Crippen molar-refractivity contribution >= 4 is 13.2 Å². The molecule has 0 heterocycles. The topological polar surface area (TPSA) is 37.3 Å². The van der Waals surface area contributed by atoms with Crippen LogP contribution >= 0.6 is 7.26 Å². The summed E-state index contributed by atoms with van der Waals surface area (Å²) in [6.07, 6.45) is 54.2. The molecule has 0 unspecified atom stereocenters. The molecule has 0 fully saturated rings. The minimum absolute atomic E-state index is 0.504. The standard InChI is InChI=1S/C44H89O2P/c1-4-7-10-13-16-19-22-25-28-31-34-37-40-47(43-44(45)46,41-38-35-32-29-26-23-20-17-14-11-8-5-2)42-39-36-33-30-27-24-21-18-15-12-9-6-3/h4-43H2,1-3H3/p+1. The summed E-state index contributed by atoms with van der Waals surface area (Å²) in [5.41, 5.74) is 0. The average molecular weight is 682 g/mol. The fraction of sp³-hybridized carbons (Fsp3) is 0.977. The zero-order valence-corrected chi connectivity index (χ0v) is 34.0. The van der Waals surface area contributed by atoms with Crippen molar-refractivity contribution in [1.29, 1.82) is 0 Å². The summed E-state index contributed by atoms with van der Waals surface area (Å²) in [6.45, 7) is 6.89. The zero-order valence-electron chi connectivity index (χ0n) is 33.1. The normalized spacial score (nSPS) is 11.9. The van der Waals surface area contributed by atoms with E-state index < -0.39 is 13.2 Å². The second-order valence-electron chi connectivity index (χ2n) is 15.7. The Kier molecular flexibility index (Phi) is 38.6. The molecular weight excluding hydrogens is 591 g/mol. The van der Waals surface area contributed by atoms with Crippen molar-refractivity contribution in [2.24, 2.45) is 0 Å². The van der Waals surface area contributed by atoms with Crippen LogP contribution in [-0.2, 0) is 4.79 Å². The van der Waals surface area contributed by atoms with E-state index in [-0.39, 0.29) is 0 Å². The van der Waals surface area contributed by atoms with Gasteiger partial charge < -0.3 is 5.11 Å². The number of unbranched alkanes of at least 4 members (excludes halogenated alkanes) is 33. The van der Waals surface area contributed by atoms with Crippen molar-refractivity contribution in [2.45, 2.75) is 252 Å². The molecule has 0 rings (SSSR count). The van der Waals surface area contributed by atoms with E-state index in [0.717, 1.165) is 0 Å². The molecule has 0 saturated heterocycles. The maximum absolute atomic E-state index is 12.2. The fourth-order valence-electron chi connectivity index (χ4n) is 7.72. The molecule has 0 amide bonds. The molecule has 0 atom stereocenters. The lowest BCUT2D eigenvalue weighted by Crippen LogP contribution is -2.18. The first-order valence-corrected chi connectivity index (χ1v) is 24.7. The molecular formula is C44H90O2P+. The van der Waals surface area contributed by atoms with Crippen LogP contribution in [0.15, 0.2) is 0 Å². The van der Waals surface area contributed by atoms with Crippen LogP contribution in [0.3, 0.4) is 0 Å². The second-order valence-corrected chi connectivity index (χ2v) is 20.1. The molecule has 0 aliphatic heterocycles. The average Bonchev–Trinajstić information content (AvgIpc) is 3.06. The number of hydrogen-bond acceptors (Lipinski definition) is 1. The van der Waals surface area contributed by atoms with Gasteiger partial charge in [-0.2, -0.15) is 0 Å². The molecule has 0 saturated carbocycles. The molecule has 282 valence electrons. The Morgan fingerprint density at radius 1 is 0.319 bits per heavy atom. The van der Waals surface area contributed by atoms with E-state index in [4.69, 9.17) is 0 Å². The number of hydrogen-bond donors (Lipinski definition) is 1. The van der Waals surface area contributed by atoms with Crippen LogP contribution in [0.1, 0.15) is 252 Å². The van der Waals surface area contributed by atoms with Gasteiger partial charge in [0, 0.05) is 7.26 Å². The molecule has 0 radical (unpaired) electrons. The van der Waals surface area contributed by atoms with Crippen LogP contribution < -0.4 is 0 Å². The van der Waals surface area contributed by atoms with Crippen LogP contribution in [0.25, 0.3) is 0 Å². The van der Waals surface area contributed by atoms with Crippen molar-refractivity contribution in [3.8, 4) is 0 Å². The number of aliphatic carboxylic acids is 1. The number of rotatable bonds is 41. The summed E-state index contributed by atoms with van der Waals surface area (Å²) < 4.78 is 0. The van der Waals surface area contributed by atoms with E-state index >= 15 is 0 Å². The summed E-state index contributed by atoms with van der Waals surface area (Å²) in [4.78, 5) is 12.2. The van der Waals surface area contributed by atoms with Gasteiger partial charge in [0.25, 0.3) is 0 Å². The fourth-order valence-corrected chi connectivity index (χ4v) is 12.1. The van der Waals surface area contributed by atoms with E-state index in [2.05, 4.69) is 20.8 Å². The molecule has 0 aliphatic rings. The van der Waals surface area contributed by atoms with Gasteiger partial charge in [-0.3, -0.25) is 0 Å². The van der Waals surface area contributed by atoms with Gasteiger partial charge in [0.05, 0.1) is 18.5 Å². The minimum Gasteiger partial charge on any atom is -0.479 e. The predicted molar refractivity (Wildman–Crippen MR) is 217 cm³/mol. The first-order valence-electron chi connectivity index (χ1n) is 22.2. The molecule has 3 heteroatoms. The highest BCUT2D eigenvalue weighted by atomic mass is 31.2. The van der Waals surface area contributed by atoms with E-state index in [1.165, 1.54) is 250 Å². The molecule has 0 aromatic carbocycles. The minimum atomic E-state index is -1.39. The van der Waals surface area contributed by atoms with Crippen molar-refractivity contribution in [3.63, 3.8) is 0 Å². The summed E-state index contributed by atoms with van der Waals surface area (Å²) in [5, 5.41) is 10.1. The quantitative estimate of drug-likeness (QED) is 0.0515. The molecule has 2 nitrogen and oxygen atoms in total. The van der Waals surface area contributed by atoms with E-state index in [1.54, 1.807) is 0 Å². The van der Waals surface area contributed by atoms with Crippen LogP contribution in [0.4, 0.5) is 0 Å². The third-order valence-corrected chi connectivity index (χ3v) is 15.7. The van der Waals surface area contributed by atoms with Gasteiger partial charge in [-0.1, -0.05) is 213 Å². The van der Waals surface area contributed by atoms with Crippen LogP contribution in [0.5, 0.6) is 0 Å². The predicted octanol–water partition coefficient (Wildman–Crippen LogP) is 16.2. The Morgan fingerprint density at radius 2 is 0.489 bits per heavy atom. The number of carboxylic acids is 1. The number of carbonyl (C=O) groups is 1. The highest BCUT2D eigenvalue weighted by Crippen LogP contribution is 2.60. The smallest absolute Gasteiger partial charge is 0.341 e. The summed E-state index contributed by atoms with van der Waals surface area (Å²) in [6, 6.07) is 0. The van der Waals surface area contributed by atoms with Crippen molar-refractivity contribution in [1.82, 2.24) is 0 Å². The summed E-state index contributed by atoms with van der Waals surface area (Å²) in [5.74, 6) is -0.504. The van der Waals surface area contributed by atoms with Gasteiger partial charge in [0.15, 0.2) is 6.16 Å². The lowest BCUT2D eigenvalue weighted by molar-refractivity contribution is -0.134. The molecule has 0 spiro atoms.